The van der Waals surface area contributed by atoms with Gasteiger partial charge in [-0.1, -0.05) is 37.3 Å². The van der Waals surface area contributed by atoms with Gasteiger partial charge in [-0.3, -0.25) is 9.59 Å². The number of hydrogen-bond acceptors (Lipinski definition) is 2. The van der Waals surface area contributed by atoms with Crippen LogP contribution in [0.4, 0.5) is 5.69 Å². The van der Waals surface area contributed by atoms with E-state index in [0.717, 1.165) is 43.5 Å². The highest BCUT2D eigenvalue weighted by Crippen LogP contribution is 2.28. The van der Waals surface area contributed by atoms with Gasteiger partial charge in [-0.2, -0.15) is 0 Å². The molecule has 1 aliphatic heterocycles. The summed E-state index contributed by atoms with van der Waals surface area (Å²) < 4.78 is 0. The predicted molar refractivity (Wildman–Crippen MR) is 95.8 cm³/mol. The fourth-order valence-electron chi connectivity index (χ4n) is 3.62. The van der Waals surface area contributed by atoms with Crippen LogP contribution in [0.5, 0.6) is 0 Å². The first-order valence-electron chi connectivity index (χ1n) is 9.00. The Kier molecular flexibility index (Phi) is 5.34. The van der Waals surface area contributed by atoms with Crippen LogP contribution < -0.4 is 10.2 Å². The Hall–Kier alpha value is -2.10. The minimum atomic E-state index is -0.235. The maximum Gasteiger partial charge on any atom is 0.227 e. The molecule has 1 aliphatic carbocycles. The lowest BCUT2D eigenvalue weighted by Gasteiger charge is -2.21. The van der Waals surface area contributed by atoms with Gasteiger partial charge in [-0.15, -0.1) is 0 Å². The third-order valence-corrected chi connectivity index (χ3v) is 5.10. The number of hydrogen-bond donors (Lipinski definition) is 1. The molecular weight excluding hydrogens is 300 g/mol. The summed E-state index contributed by atoms with van der Waals surface area (Å²) in [4.78, 5) is 26.6. The van der Waals surface area contributed by atoms with Crippen molar-refractivity contribution in [3.05, 3.63) is 42.0 Å². The average Bonchev–Trinajstić information content (AvgIpc) is 3.02. The van der Waals surface area contributed by atoms with Crippen LogP contribution >= 0.6 is 0 Å². The predicted octanol–water partition coefficient (Wildman–Crippen LogP) is 3.07. The van der Waals surface area contributed by atoms with E-state index < -0.39 is 0 Å². The molecule has 2 amide bonds. The number of allylic oxidation sites excluding steroid dienone is 2. The van der Waals surface area contributed by atoms with Gasteiger partial charge in [-0.25, -0.2) is 0 Å². The molecule has 1 saturated heterocycles. The van der Waals surface area contributed by atoms with Gasteiger partial charge in [0.05, 0.1) is 5.92 Å². The molecule has 0 saturated carbocycles. The van der Waals surface area contributed by atoms with Crippen molar-refractivity contribution in [2.24, 2.45) is 11.8 Å². The summed E-state index contributed by atoms with van der Waals surface area (Å²) in [7, 11) is 0. The van der Waals surface area contributed by atoms with Gasteiger partial charge in [0.1, 0.15) is 0 Å². The number of rotatable bonds is 5. The molecule has 128 valence electrons. The molecule has 0 aromatic heterocycles. The van der Waals surface area contributed by atoms with Crippen LogP contribution in [0.3, 0.4) is 0 Å². The Morgan fingerprint density at radius 1 is 1.29 bits per heavy atom. The highest BCUT2D eigenvalue weighted by Gasteiger charge is 2.35. The number of carbonyl (C=O) groups is 2. The second-order valence-electron chi connectivity index (χ2n) is 6.78. The molecule has 3 rings (SSSR count). The number of benzene rings is 1. The topological polar surface area (TPSA) is 49.4 Å². The number of aryl methyl sites for hydroxylation is 1. The lowest BCUT2D eigenvalue weighted by molar-refractivity contribution is -0.126. The maximum atomic E-state index is 12.5. The molecule has 24 heavy (non-hydrogen) atoms. The van der Waals surface area contributed by atoms with E-state index in [0.29, 0.717) is 18.9 Å². The molecule has 2 aliphatic rings. The average molecular weight is 326 g/mol. The van der Waals surface area contributed by atoms with Crippen LogP contribution in [0.25, 0.3) is 0 Å². The lowest BCUT2D eigenvalue weighted by Crippen LogP contribution is -2.36. The van der Waals surface area contributed by atoms with Gasteiger partial charge in [0.25, 0.3) is 0 Å². The van der Waals surface area contributed by atoms with Crippen molar-refractivity contribution >= 4 is 17.5 Å². The molecule has 1 aromatic carbocycles. The second kappa shape index (κ2) is 7.65. The quantitative estimate of drug-likeness (QED) is 0.846. The van der Waals surface area contributed by atoms with Crippen molar-refractivity contribution < 1.29 is 9.59 Å². The van der Waals surface area contributed by atoms with Gasteiger partial charge in [0.15, 0.2) is 0 Å². The number of carbonyl (C=O) groups excluding carboxylic acids is 2. The van der Waals surface area contributed by atoms with Crippen molar-refractivity contribution in [3.63, 3.8) is 0 Å². The minimum absolute atomic E-state index is 0.0226. The summed E-state index contributed by atoms with van der Waals surface area (Å²) in [6, 6.07) is 7.97. The number of anilines is 1. The van der Waals surface area contributed by atoms with E-state index >= 15 is 0 Å². The van der Waals surface area contributed by atoms with Gasteiger partial charge in [-0.05, 0) is 43.2 Å². The standard InChI is InChI=1S/C20H26N2O2/c1-2-16-10-6-7-11-18(16)22-14-17(12-19(22)23)20(24)21-13-15-8-4-3-5-9-15/h3-4,6-7,10-11,15,17H,2,5,8-9,12-14H2,1H3,(H,21,24)/t15-,17+/m0/s1. The van der Waals surface area contributed by atoms with Crippen LogP contribution in [0.15, 0.2) is 36.4 Å². The summed E-state index contributed by atoms with van der Waals surface area (Å²) in [6.45, 7) is 3.30. The number of nitrogens with one attached hydrogen (secondary N) is 1. The third-order valence-electron chi connectivity index (χ3n) is 5.10. The third kappa shape index (κ3) is 3.69. The molecule has 1 fully saturated rings. The molecule has 2 atom stereocenters. The largest absolute Gasteiger partial charge is 0.356 e. The Labute approximate surface area is 143 Å². The van der Waals surface area contributed by atoms with Crippen LogP contribution in [0.2, 0.25) is 0 Å². The molecule has 4 heteroatoms. The fourth-order valence-corrected chi connectivity index (χ4v) is 3.62. The van der Waals surface area contributed by atoms with E-state index in [1.165, 1.54) is 0 Å². The zero-order valence-electron chi connectivity index (χ0n) is 14.3. The van der Waals surface area contributed by atoms with Crippen molar-refractivity contribution in [1.29, 1.82) is 0 Å². The first kappa shape index (κ1) is 16.7. The molecule has 1 heterocycles. The van der Waals surface area contributed by atoms with Crippen LogP contribution in [0, 0.1) is 11.8 Å². The van der Waals surface area contributed by atoms with Crippen LogP contribution in [0.1, 0.15) is 38.2 Å². The minimum Gasteiger partial charge on any atom is -0.356 e. The number of amides is 2. The summed E-state index contributed by atoms with van der Waals surface area (Å²) in [5.41, 5.74) is 2.11. The molecular formula is C20H26N2O2. The lowest BCUT2D eigenvalue weighted by atomic mass is 9.94. The van der Waals surface area contributed by atoms with Gasteiger partial charge in [0.2, 0.25) is 11.8 Å². The van der Waals surface area contributed by atoms with Gasteiger partial charge < -0.3 is 10.2 Å². The van der Waals surface area contributed by atoms with E-state index in [2.05, 4.69) is 24.4 Å². The van der Waals surface area contributed by atoms with Gasteiger partial charge in [0, 0.05) is 25.2 Å². The summed E-state index contributed by atoms with van der Waals surface area (Å²) in [6.07, 6.45) is 8.88. The zero-order valence-corrected chi connectivity index (χ0v) is 14.3. The molecule has 1 N–H and O–H groups in total. The Bertz CT molecular complexity index is 638. The number of nitrogens with zero attached hydrogens (tertiary/aromatic N) is 1. The molecule has 0 bridgehead atoms. The van der Waals surface area contributed by atoms with E-state index in [-0.39, 0.29) is 17.7 Å². The number of para-hydroxylation sites is 1. The molecule has 4 nitrogen and oxygen atoms in total. The van der Waals surface area contributed by atoms with Crippen molar-refractivity contribution in [3.8, 4) is 0 Å². The Morgan fingerprint density at radius 2 is 2.12 bits per heavy atom. The smallest absolute Gasteiger partial charge is 0.227 e. The molecule has 0 radical (unpaired) electrons. The van der Waals surface area contributed by atoms with E-state index in [4.69, 9.17) is 0 Å². The highest BCUT2D eigenvalue weighted by atomic mass is 16.2. The first-order valence-corrected chi connectivity index (χ1v) is 9.00. The fraction of sp³-hybridized carbons (Fsp3) is 0.500. The van der Waals surface area contributed by atoms with Crippen molar-refractivity contribution in [1.82, 2.24) is 5.32 Å². The summed E-state index contributed by atoms with van der Waals surface area (Å²) >= 11 is 0. The van der Waals surface area contributed by atoms with E-state index in [1.54, 1.807) is 4.90 Å². The monoisotopic (exact) mass is 326 g/mol. The van der Waals surface area contributed by atoms with E-state index in [9.17, 15) is 9.59 Å². The zero-order chi connectivity index (χ0) is 16.9. The maximum absolute atomic E-state index is 12.5. The normalized spacial score (nSPS) is 23.5. The Balaban J connectivity index is 1.59. The molecule has 0 spiro atoms. The van der Waals surface area contributed by atoms with Crippen molar-refractivity contribution in [2.75, 3.05) is 18.0 Å². The highest BCUT2D eigenvalue weighted by molar-refractivity contribution is 6.00. The van der Waals surface area contributed by atoms with Crippen molar-refractivity contribution in [2.45, 2.75) is 39.0 Å². The van der Waals surface area contributed by atoms with Gasteiger partial charge >= 0.3 is 0 Å². The van der Waals surface area contributed by atoms with Crippen LogP contribution in [-0.4, -0.2) is 24.9 Å². The summed E-state index contributed by atoms with van der Waals surface area (Å²) in [5, 5.41) is 3.06. The van der Waals surface area contributed by atoms with E-state index in [1.807, 2.05) is 24.3 Å². The Morgan fingerprint density at radius 3 is 2.88 bits per heavy atom. The molecule has 0 unspecified atom stereocenters. The summed E-state index contributed by atoms with van der Waals surface area (Å²) in [5.74, 6) is 0.376. The second-order valence-corrected chi connectivity index (χ2v) is 6.78. The molecule has 1 aromatic rings. The first-order chi connectivity index (χ1) is 11.7. The SMILES string of the molecule is CCc1ccccc1N1C[C@H](C(=O)NC[C@H]2CC=CCC2)CC1=O. The van der Waals surface area contributed by atoms with Crippen LogP contribution in [-0.2, 0) is 16.0 Å².